The zero-order valence-electron chi connectivity index (χ0n) is 50.2. The fourth-order valence-electron chi connectivity index (χ4n) is 10.9. The monoisotopic (exact) mass is 1290 g/mol. The Morgan fingerprint density at radius 3 is 1.48 bits per heavy atom. The molecule has 22 nitrogen and oxygen atoms in total. The number of carbonyl (C=O) groups excluding carboxylic acids is 6. The van der Waals surface area contributed by atoms with Crippen LogP contribution in [0.5, 0.6) is 23.3 Å². The van der Waals surface area contributed by atoms with E-state index in [0.717, 1.165) is 0 Å². The van der Waals surface area contributed by atoms with Crippen molar-refractivity contribution in [1.29, 1.82) is 0 Å². The summed E-state index contributed by atoms with van der Waals surface area (Å²) < 4.78 is 108. The van der Waals surface area contributed by atoms with Crippen LogP contribution in [0.3, 0.4) is 0 Å². The van der Waals surface area contributed by atoms with E-state index in [1.54, 1.807) is 86.6 Å². The number of methoxy groups -OCH3 is 2. The summed E-state index contributed by atoms with van der Waals surface area (Å²) in [7, 11) is 2.94. The fourth-order valence-corrected chi connectivity index (χ4v) is 10.9. The molecule has 0 spiro atoms. The van der Waals surface area contributed by atoms with Crippen LogP contribution in [-0.2, 0) is 87.1 Å². The second-order valence-electron chi connectivity index (χ2n) is 25.1. The summed E-state index contributed by atoms with van der Waals surface area (Å²) in [6.07, 6.45) is -0.409. The van der Waals surface area contributed by atoms with Crippen molar-refractivity contribution in [3.05, 3.63) is 47.8 Å². The van der Waals surface area contributed by atoms with Crippen LogP contribution in [-0.4, -0.2) is 168 Å². The Kier molecular flexibility index (Phi) is 20.9. The van der Waals surface area contributed by atoms with Crippen molar-refractivity contribution in [2.24, 2.45) is 34.5 Å². The standard InChI is InChI=1S/C30H37F2N4O7.C29H35F2N4O7.2V/c1-16-21(14-37)36-13-22(16)42-25-23(33-19-8-7-18(40-6)11-20(19)34-25)30(31,32)9-10-41-15-17-12-29(17,5)43-27(39)35-24(26(36)38)28(2,3)4;1-15-20(13-36)35-12-22(15)41-25-23(32-18-7-6-17(39-5)11-19(18)33-25)29(30,31)8-9-40-14-16-10-21(16)42-27(38)34-24(26(35)37)28(2,3)4;;/h7-8,11,16-17,21-22,24H,9-10,12-13,15H2,1-6H3,(H,35,39);6-7,11,15-16,20-22,24H,8-10,12,14H2,1-5H3,(H,34,38);;/q2*-1;;/t16-,17-,21+,22-,24+,29+;15-,16-,20+,21+,22-,24+;;/m00../s1. The minimum Gasteiger partial charge on any atom is -0.540 e. The number of aromatic nitrogens is 4. The number of carbonyl (C=O) groups is 4. The Balaban J connectivity index is 0.000000243. The van der Waals surface area contributed by atoms with Crippen LogP contribution in [0.15, 0.2) is 36.4 Å². The van der Waals surface area contributed by atoms with Gasteiger partial charge in [-0.2, -0.15) is 17.6 Å². The number of ether oxygens (including phenoxy) is 8. The van der Waals surface area contributed by atoms with Gasteiger partial charge < -0.3 is 67.9 Å². The minimum absolute atomic E-state index is 0. The molecule has 12 atom stereocenters. The van der Waals surface area contributed by atoms with Gasteiger partial charge in [0.15, 0.2) is 11.4 Å². The number of hydrogen-bond acceptors (Lipinski definition) is 18. The molecule has 2 radical (unpaired) electrons. The van der Waals surface area contributed by atoms with Gasteiger partial charge in [-0.3, -0.25) is 9.59 Å². The first kappa shape index (κ1) is 68.4. The molecule has 2 aromatic heterocycles. The molecule has 87 heavy (non-hydrogen) atoms. The summed E-state index contributed by atoms with van der Waals surface area (Å²) in [4.78, 5) is 97.5. The smallest absolute Gasteiger partial charge is 0.408 e. The second-order valence-corrected chi connectivity index (χ2v) is 25.1. The number of nitrogens with zero attached hydrogens (tertiary/aromatic N) is 6. The molecule has 4 aliphatic heterocycles. The number of hydrogen-bond donors (Lipinski definition) is 2. The number of benzene rings is 2. The molecule has 6 aliphatic rings. The first-order valence-electron chi connectivity index (χ1n) is 28.3. The topological polar surface area (TPSA) is 258 Å². The number of amides is 4. The number of halogens is 4. The molecular weight excluding hydrogens is 1220 g/mol. The van der Waals surface area contributed by atoms with E-state index >= 15 is 17.6 Å². The largest absolute Gasteiger partial charge is 0.540 e. The molecular formula is C59H72F4N8O14V2-2. The van der Waals surface area contributed by atoms with Crippen molar-refractivity contribution < 1.29 is 121 Å². The number of fused-ring (bicyclic) bond motifs is 10. The van der Waals surface area contributed by atoms with Crippen LogP contribution < -0.4 is 29.6 Å². The zero-order valence-corrected chi connectivity index (χ0v) is 53.0. The van der Waals surface area contributed by atoms with E-state index in [0.29, 0.717) is 24.3 Å². The van der Waals surface area contributed by atoms with Crippen molar-refractivity contribution in [3.8, 4) is 23.3 Å². The Labute approximate surface area is 525 Å². The molecule has 4 amide bonds. The average Bonchev–Trinajstić information content (AvgIpc) is 1.98. The van der Waals surface area contributed by atoms with Gasteiger partial charge >= 0.3 is 12.2 Å². The molecule has 2 saturated heterocycles. The number of rotatable bonds is 4. The molecule has 2 saturated carbocycles. The minimum atomic E-state index is -3.49. The van der Waals surface area contributed by atoms with E-state index < -0.39 is 143 Å². The van der Waals surface area contributed by atoms with Gasteiger partial charge in [-0.05, 0) is 66.7 Å². The Bertz CT molecular complexity index is 3210. The van der Waals surface area contributed by atoms with Crippen LogP contribution in [0.2, 0.25) is 0 Å². The molecule has 2 N–H and O–H groups in total. The summed E-state index contributed by atoms with van der Waals surface area (Å²) in [5, 5.41) is 5.37. The van der Waals surface area contributed by atoms with Gasteiger partial charge in [-0.25, -0.2) is 42.1 Å². The summed E-state index contributed by atoms with van der Waals surface area (Å²) in [5.41, 5.74) is -2.73. The predicted octanol–water partition coefficient (Wildman–Crippen LogP) is 7.15. The van der Waals surface area contributed by atoms with Gasteiger partial charge in [0.2, 0.25) is 23.6 Å². The summed E-state index contributed by atoms with van der Waals surface area (Å²) in [5.74, 6) is -9.58. The van der Waals surface area contributed by atoms with Crippen LogP contribution in [0.25, 0.3) is 22.1 Å². The van der Waals surface area contributed by atoms with E-state index in [4.69, 9.17) is 37.9 Å². The molecule has 4 bridgehead atoms. The van der Waals surface area contributed by atoms with Gasteiger partial charge in [0, 0.05) is 73.9 Å². The maximum Gasteiger partial charge on any atom is 0.408 e. The van der Waals surface area contributed by atoms with Gasteiger partial charge in [0.25, 0.3) is 11.8 Å². The van der Waals surface area contributed by atoms with Crippen molar-refractivity contribution >= 4 is 58.6 Å². The molecule has 472 valence electrons. The van der Waals surface area contributed by atoms with E-state index in [1.165, 1.54) is 36.2 Å². The maximum absolute atomic E-state index is 15.8. The van der Waals surface area contributed by atoms with Crippen molar-refractivity contribution in [3.63, 3.8) is 0 Å². The molecule has 28 heteroatoms. The van der Waals surface area contributed by atoms with E-state index in [-0.39, 0.29) is 111 Å². The van der Waals surface area contributed by atoms with E-state index in [2.05, 4.69) is 30.6 Å². The number of alkyl carbamates (subject to hydrolysis) is 2. The summed E-state index contributed by atoms with van der Waals surface area (Å²) >= 11 is 0. The van der Waals surface area contributed by atoms with Crippen molar-refractivity contribution in [2.75, 3.05) is 53.7 Å². The van der Waals surface area contributed by atoms with E-state index in [9.17, 15) is 28.8 Å². The Morgan fingerprint density at radius 1 is 0.621 bits per heavy atom. The van der Waals surface area contributed by atoms with Crippen LogP contribution >= 0.6 is 0 Å². The van der Waals surface area contributed by atoms with Crippen molar-refractivity contribution in [2.45, 2.75) is 148 Å². The van der Waals surface area contributed by atoms with Gasteiger partial charge in [-0.15, -0.1) is 0 Å². The van der Waals surface area contributed by atoms with Crippen molar-refractivity contribution in [1.82, 2.24) is 40.4 Å². The van der Waals surface area contributed by atoms with Crippen LogP contribution in [0.4, 0.5) is 27.2 Å². The third-order valence-corrected chi connectivity index (χ3v) is 16.6. The maximum atomic E-state index is 15.8. The zero-order chi connectivity index (χ0) is 61.7. The van der Waals surface area contributed by atoms with Gasteiger partial charge in [0.1, 0.15) is 47.5 Å². The third kappa shape index (κ3) is 15.0. The summed E-state index contributed by atoms with van der Waals surface area (Å²) in [6, 6.07) is 5.14. The molecule has 10 rings (SSSR count). The third-order valence-electron chi connectivity index (χ3n) is 16.6. The molecule has 2 aliphatic carbocycles. The Morgan fingerprint density at radius 2 is 1.06 bits per heavy atom. The van der Waals surface area contributed by atoms with Gasteiger partial charge in [0.05, 0.1) is 75.8 Å². The van der Waals surface area contributed by atoms with E-state index in [1.807, 2.05) is 12.6 Å². The molecule has 4 fully saturated rings. The molecule has 0 unspecified atom stereocenters. The fraction of sp³-hybridized carbons (Fsp3) is 0.627. The number of alkyl halides is 4. The van der Waals surface area contributed by atoms with Crippen LogP contribution in [0.1, 0.15) is 99.4 Å². The van der Waals surface area contributed by atoms with Crippen LogP contribution in [0, 0.1) is 34.5 Å². The van der Waals surface area contributed by atoms with Gasteiger partial charge in [-0.1, -0.05) is 67.5 Å². The molecule has 6 heterocycles. The first-order chi connectivity index (χ1) is 40.0. The first-order valence-corrected chi connectivity index (χ1v) is 28.3. The quantitative estimate of drug-likeness (QED) is 0.152. The average molecular weight is 1300 g/mol. The second kappa shape index (κ2) is 26.6. The Hall–Kier alpha value is -6.05. The normalized spacial score (nSPS) is 30.1. The number of nitrogens with one attached hydrogen (secondary N) is 2. The molecule has 4 aromatic rings. The molecule has 2 aromatic carbocycles. The SMILES string of the molecule is COc1ccc2nc3c(nc2c1)O[C@H]1CN(C(=O)[C@H](C(C)(C)C)NC(=O)O[C@@H]2C[C@H]2COCCC3(F)F)[C@H]([C-]=O)[C@@H]1C.COc1ccc2nc3c(nc2c1)O[C@H]1CN(C(=O)[C@H](C(C)(C)C)NC(=O)O[C@]2(C)C[C@H]2COCCC3(F)F)[C@H]([C-]=O)[C@@H]1C.[V].[V]. The summed E-state index contributed by atoms with van der Waals surface area (Å²) in [6.45, 7) is 15.1. The predicted molar refractivity (Wildman–Crippen MR) is 295 cm³/mol.